The molecule has 10 aromatic rings. The molecule has 0 amide bonds. The molecule has 2 unspecified atom stereocenters. The normalized spacial score (nSPS) is 21.6. The number of hydrogen-bond acceptors (Lipinski definition) is 4. The molecule has 14 rings (SSSR count). The predicted molar refractivity (Wildman–Crippen MR) is 275 cm³/mol. The molecule has 3 aliphatic carbocycles. The smallest absolute Gasteiger partial charge is 0.0736 e. The van der Waals surface area contributed by atoms with Crippen LogP contribution in [-0.2, 0) is 10.8 Å². The average molecular weight is 878 g/mol. The highest BCUT2D eigenvalue weighted by Gasteiger charge is 2.50. The third kappa shape index (κ3) is 5.31. The maximum Gasteiger partial charge on any atom is 0.0736 e. The van der Waals surface area contributed by atoms with Gasteiger partial charge in [-0.15, -0.1) is 22.7 Å². The third-order valence-corrected chi connectivity index (χ3v) is 19.2. The van der Waals surface area contributed by atoms with Gasteiger partial charge in [-0.25, -0.2) is 0 Å². The molecule has 2 bridgehead atoms. The predicted octanol–water partition coefficient (Wildman–Crippen LogP) is 17.8. The Labute approximate surface area is 387 Å². The SMILES string of the molecule is CC1CC2CC(C1)CC(C)(c1cccc3sc4ccc(N(c5ccc6c(c5)C5(c7ccccc7S6)c6ccccc6-c6ccccc65)c5cccc6c5sc5ccccc56)cc4c13)C2. The molecule has 2 fully saturated rings. The van der Waals surface area contributed by atoms with E-state index in [4.69, 9.17) is 0 Å². The van der Waals surface area contributed by atoms with Crippen molar-refractivity contribution < 1.29 is 0 Å². The van der Waals surface area contributed by atoms with E-state index < -0.39 is 5.41 Å². The summed E-state index contributed by atoms with van der Waals surface area (Å²) in [6.07, 6.45) is 6.80. The van der Waals surface area contributed by atoms with Crippen molar-refractivity contribution in [2.75, 3.05) is 4.90 Å². The van der Waals surface area contributed by atoms with Gasteiger partial charge in [-0.05, 0) is 155 Å². The first-order chi connectivity index (χ1) is 31.4. The van der Waals surface area contributed by atoms with Gasteiger partial charge in [-0.1, -0.05) is 135 Å². The molecule has 0 N–H and O–H groups in total. The first-order valence-corrected chi connectivity index (χ1v) is 25.7. The van der Waals surface area contributed by atoms with Gasteiger partial charge in [-0.3, -0.25) is 0 Å². The Morgan fingerprint density at radius 2 is 1.09 bits per heavy atom. The van der Waals surface area contributed by atoms with Crippen LogP contribution in [0.5, 0.6) is 0 Å². The number of nitrogens with zero attached hydrogens (tertiary/aromatic N) is 1. The number of fused-ring (bicyclic) bond motifs is 17. The van der Waals surface area contributed by atoms with Gasteiger partial charge in [0, 0.05) is 56.8 Å². The van der Waals surface area contributed by atoms with Crippen molar-refractivity contribution in [3.8, 4) is 11.1 Å². The van der Waals surface area contributed by atoms with Crippen molar-refractivity contribution in [1.29, 1.82) is 0 Å². The molecule has 310 valence electrons. The van der Waals surface area contributed by atoms with Crippen molar-refractivity contribution in [2.45, 2.75) is 66.6 Å². The Morgan fingerprint density at radius 3 is 1.91 bits per heavy atom. The molecule has 0 saturated heterocycles. The molecule has 3 heterocycles. The lowest BCUT2D eigenvalue weighted by Crippen LogP contribution is -2.38. The lowest BCUT2D eigenvalue weighted by molar-refractivity contribution is 0.0906. The van der Waals surface area contributed by atoms with Gasteiger partial charge in [0.25, 0.3) is 0 Å². The standard InChI is InChI=1S/C60H47NS3/c1-36-29-37-31-38(30-36)35-59(2,34-37)49-20-12-24-56-57(49)45-32-39(25-27-53(45)62-56)61(51-21-11-16-44-43-15-5-9-22-52(43)64-58(44)51)40-26-28-55-50(33-40)60(48-19-8-10-23-54(48)63-55)46-17-6-3-13-41(46)42-14-4-7-18-47(42)60/h3-28,32-33,36-38H,29-31,34-35H2,1-2H3. The molecular formula is C60H47NS3. The van der Waals surface area contributed by atoms with Crippen molar-refractivity contribution in [2.24, 2.45) is 17.8 Å². The molecule has 1 nitrogen and oxygen atoms in total. The molecule has 2 atom stereocenters. The zero-order valence-electron chi connectivity index (χ0n) is 36.1. The Balaban J connectivity index is 1.03. The van der Waals surface area contributed by atoms with Crippen LogP contribution < -0.4 is 4.90 Å². The minimum Gasteiger partial charge on any atom is -0.309 e. The molecular weight excluding hydrogens is 831 g/mol. The zero-order valence-corrected chi connectivity index (χ0v) is 38.6. The van der Waals surface area contributed by atoms with Gasteiger partial charge in [-0.2, -0.15) is 0 Å². The molecule has 2 aromatic heterocycles. The van der Waals surface area contributed by atoms with E-state index in [9.17, 15) is 0 Å². The van der Waals surface area contributed by atoms with Crippen LogP contribution in [0.25, 0.3) is 51.5 Å². The number of anilines is 3. The van der Waals surface area contributed by atoms with E-state index in [1.165, 1.54) is 133 Å². The maximum absolute atomic E-state index is 2.61. The first kappa shape index (κ1) is 37.7. The van der Waals surface area contributed by atoms with Crippen LogP contribution in [0.1, 0.15) is 73.8 Å². The number of benzene rings is 8. The minimum atomic E-state index is -0.455. The van der Waals surface area contributed by atoms with Gasteiger partial charge in [0.15, 0.2) is 0 Å². The Kier molecular flexibility index (Phi) is 8.20. The summed E-state index contributed by atoms with van der Waals surface area (Å²) in [5.41, 5.74) is 13.0. The molecule has 1 aliphatic heterocycles. The highest BCUT2D eigenvalue weighted by atomic mass is 32.2. The van der Waals surface area contributed by atoms with E-state index in [-0.39, 0.29) is 5.41 Å². The minimum absolute atomic E-state index is 0.175. The van der Waals surface area contributed by atoms with E-state index in [0.717, 1.165) is 17.8 Å². The van der Waals surface area contributed by atoms with Gasteiger partial charge >= 0.3 is 0 Å². The summed E-state index contributed by atoms with van der Waals surface area (Å²) in [7, 11) is 0. The molecule has 4 heteroatoms. The summed E-state index contributed by atoms with van der Waals surface area (Å²) in [5.74, 6) is 2.52. The summed E-state index contributed by atoms with van der Waals surface area (Å²) in [6, 6.07) is 65.4. The number of hydrogen-bond donors (Lipinski definition) is 0. The second-order valence-electron chi connectivity index (χ2n) is 19.7. The van der Waals surface area contributed by atoms with Crippen molar-refractivity contribution in [3.05, 3.63) is 198 Å². The average Bonchev–Trinajstić information content (AvgIpc) is 3.98. The van der Waals surface area contributed by atoms with Crippen molar-refractivity contribution in [3.63, 3.8) is 0 Å². The Hall–Kier alpha value is -5.65. The van der Waals surface area contributed by atoms with Crippen LogP contribution in [0.4, 0.5) is 17.1 Å². The second kappa shape index (κ2) is 13.9. The number of rotatable bonds is 4. The lowest BCUT2D eigenvalue weighted by atomic mass is 9.57. The molecule has 2 saturated carbocycles. The van der Waals surface area contributed by atoms with Crippen LogP contribution in [0.3, 0.4) is 0 Å². The van der Waals surface area contributed by atoms with Crippen LogP contribution >= 0.6 is 34.4 Å². The van der Waals surface area contributed by atoms with E-state index in [0.29, 0.717) is 0 Å². The monoisotopic (exact) mass is 877 g/mol. The summed E-state index contributed by atoms with van der Waals surface area (Å²) < 4.78 is 5.43. The van der Waals surface area contributed by atoms with Crippen LogP contribution in [-0.4, -0.2) is 0 Å². The number of thiophene rings is 2. The lowest BCUT2D eigenvalue weighted by Gasteiger charge is -2.48. The van der Waals surface area contributed by atoms with Crippen LogP contribution in [0.15, 0.2) is 180 Å². The fourth-order valence-corrected chi connectivity index (χ4v) is 17.1. The fraction of sp³-hybridized carbons (Fsp3) is 0.200. The van der Waals surface area contributed by atoms with Gasteiger partial charge < -0.3 is 4.90 Å². The zero-order chi connectivity index (χ0) is 42.3. The van der Waals surface area contributed by atoms with E-state index in [1.807, 2.05) is 34.4 Å². The molecule has 4 aliphatic rings. The quantitative estimate of drug-likeness (QED) is 0.173. The summed E-state index contributed by atoms with van der Waals surface area (Å²) >= 11 is 5.81. The molecule has 8 aromatic carbocycles. The highest BCUT2D eigenvalue weighted by Crippen LogP contribution is 2.63. The summed E-state index contributed by atoms with van der Waals surface area (Å²) in [4.78, 5) is 5.25. The first-order valence-electron chi connectivity index (χ1n) is 23.2. The van der Waals surface area contributed by atoms with Gasteiger partial charge in [0.05, 0.1) is 15.8 Å². The largest absolute Gasteiger partial charge is 0.309 e. The van der Waals surface area contributed by atoms with Crippen molar-refractivity contribution in [1.82, 2.24) is 0 Å². The fourth-order valence-electron chi connectivity index (χ4n) is 13.6. The topological polar surface area (TPSA) is 3.24 Å². The van der Waals surface area contributed by atoms with Gasteiger partial charge in [0.2, 0.25) is 0 Å². The van der Waals surface area contributed by atoms with Crippen LogP contribution in [0.2, 0.25) is 0 Å². The third-order valence-electron chi connectivity index (χ3n) is 15.7. The summed E-state index contributed by atoms with van der Waals surface area (Å²) in [6.45, 7) is 5.10. The van der Waals surface area contributed by atoms with Crippen LogP contribution in [0, 0.1) is 17.8 Å². The van der Waals surface area contributed by atoms with E-state index in [2.05, 4.69) is 189 Å². The molecule has 64 heavy (non-hydrogen) atoms. The molecule has 0 radical (unpaired) electrons. The van der Waals surface area contributed by atoms with E-state index >= 15 is 0 Å². The maximum atomic E-state index is 2.61. The highest BCUT2D eigenvalue weighted by molar-refractivity contribution is 7.99. The van der Waals surface area contributed by atoms with Crippen molar-refractivity contribution >= 4 is 91.8 Å². The Morgan fingerprint density at radius 1 is 0.484 bits per heavy atom. The van der Waals surface area contributed by atoms with E-state index in [1.54, 1.807) is 5.56 Å². The molecule has 1 spiro atoms. The summed E-state index contributed by atoms with van der Waals surface area (Å²) in [5, 5.41) is 5.51. The van der Waals surface area contributed by atoms with Gasteiger partial charge in [0.1, 0.15) is 0 Å². The Bertz CT molecular complexity index is 3490. The second-order valence-corrected chi connectivity index (χ2v) is 22.9.